The van der Waals surface area contributed by atoms with E-state index >= 15 is 0 Å². The smallest absolute Gasteiger partial charge is 0.156 e. The zero-order valence-electron chi connectivity index (χ0n) is 10.8. The van der Waals surface area contributed by atoms with Crippen LogP contribution in [-0.4, -0.2) is 16.4 Å². The molecule has 2 N–H and O–H groups in total. The lowest BCUT2D eigenvalue weighted by Crippen LogP contribution is -2.13. The molecule has 0 aliphatic carbocycles. The topological polar surface area (TPSA) is 46.6 Å². The molecule has 0 radical (unpaired) electrons. The van der Waals surface area contributed by atoms with E-state index in [-0.39, 0.29) is 0 Å². The van der Waals surface area contributed by atoms with E-state index in [1.165, 1.54) is 0 Å². The lowest BCUT2D eigenvalue weighted by atomic mass is 10.3. The number of pyridine rings is 1. The van der Waals surface area contributed by atoms with E-state index in [9.17, 15) is 0 Å². The first kappa shape index (κ1) is 11.7. The molecule has 0 fully saturated rings. The van der Waals surface area contributed by atoms with Gasteiger partial charge in [-0.15, -0.1) is 0 Å². The number of aromatic nitrogens is 2. The Morgan fingerprint density at radius 1 is 1.11 bits per heavy atom. The number of nitrogens with zero attached hydrogens (tertiary/aromatic N) is 3. The van der Waals surface area contributed by atoms with E-state index in [1.807, 2.05) is 54.0 Å². The highest BCUT2D eigenvalue weighted by molar-refractivity contribution is 5.65. The van der Waals surface area contributed by atoms with Crippen LogP contribution in [0.3, 0.4) is 0 Å². The molecule has 0 aliphatic heterocycles. The lowest BCUT2D eigenvalue weighted by Gasteiger charge is -2.18. The molecule has 4 heteroatoms. The molecule has 0 bridgehead atoms. The first-order valence-corrected chi connectivity index (χ1v) is 6.26. The minimum absolute atomic E-state index is 0.456. The number of benzene rings is 1. The van der Waals surface area contributed by atoms with Gasteiger partial charge in [0, 0.05) is 25.5 Å². The van der Waals surface area contributed by atoms with Crippen molar-refractivity contribution in [2.75, 3.05) is 11.9 Å². The highest BCUT2D eigenvalue weighted by atomic mass is 15.2. The van der Waals surface area contributed by atoms with Crippen LogP contribution < -0.4 is 10.6 Å². The van der Waals surface area contributed by atoms with Crippen LogP contribution in [0.15, 0.2) is 54.7 Å². The summed E-state index contributed by atoms with van der Waals surface area (Å²) < 4.78 is 2.04. The molecule has 1 aromatic carbocycles. The SMILES string of the molecule is CN(c1ccccc1)c1nc2ccccn2c1CN. The number of anilines is 2. The van der Waals surface area contributed by atoms with E-state index in [1.54, 1.807) is 0 Å². The van der Waals surface area contributed by atoms with Crippen molar-refractivity contribution in [1.82, 2.24) is 9.38 Å². The van der Waals surface area contributed by atoms with Crippen molar-refractivity contribution in [3.05, 3.63) is 60.4 Å². The molecule has 19 heavy (non-hydrogen) atoms. The minimum atomic E-state index is 0.456. The first-order chi connectivity index (χ1) is 9.31. The Hall–Kier alpha value is -2.33. The largest absolute Gasteiger partial charge is 0.328 e. The molecular weight excluding hydrogens is 236 g/mol. The molecule has 0 saturated carbocycles. The van der Waals surface area contributed by atoms with Gasteiger partial charge in [-0.3, -0.25) is 0 Å². The van der Waals surface area contributed by atoms with Gasteiger partial charge in [-0.2, -0.15) is 0 Å². The van der Waals surface area contributed by atoms with Crippen LogP contribution in [0.4, 0.5) is 11.5 Å². The summed E-state index contributed by atoms with van der Waals surface area (Å²) in [6, 6.07) is 16.1. The van der Waals surface area contributed by atoms with Gasteiger partial charge in [0.1, 0.15) is 5.65 Å². The molecule has 4 nitrogen and oxygen atoms in total. The summed E-state index contributed by atoms with van der Waals surface area (Å²) in [5.74, 6) is 0.903. The molecule has 3 aromatic rings. The molecular formula is C15H16N4. The second-order valence-electron chi connectivity index (χ2n) is 4.41. The van der Waals surface area contributed by atoms with Crippen LogP contribution in [-0.2, 0) is 6.54 Å². The first-order valence-electron chi connectivity index (χ1n) is 6.26. The van der Waals surface area contributed by atoms with Gasteiger partial charge in [0.25, 0.3) is 0 Å². The van der Waals surface area contributed by atoms with Crippen molar-refractivity contribution in [2.45, 2.75) is 6.54 Å². The highest BCUT2D eigenvalue weighted by Gasteiger charge is 2.15. The number of rotatable bonds is 3. The second kappa shape index (κ2) is 4.74. The fraction of sp³-hybridized carbons (Fsp3) is 0.133. The Balaban J connectivity index is 2.14. The van der Waals surface area contributed by atoms with Crippen molar-refractivity contribution in [3.8, 4) is 0 Å². The normalized spacial score (nSPS) is 10.8. The van der Waals surface area contributed by atoms with Crippen molar-refractivity contribution in [3.63, 3.8) is 0 Å². The lowest BCUT2D eigenvalue weighted by molar-refractivity contribution is 0.949. The van der Waals surface area contributed by atoms with E-state index in [0.717, 1.165) is 22.8 Å². The highest BCUT2D eigenvalue weighted by Crippen LogP contribution is 2.26. The molecule has 0 aliphatic rings. The molecule has 3 rings (SSSR count). The number of fused-ring (bicyclic) bond motifs is 1. The average molecular weight is 252 g/mol. The quantitative estimate of drug-likeness (QED) is 0.779. The Morgan fingerprint density at radius 2 is 1.84 bits per heavy atom. The summed E-state index contributed by atoms with van der Waals surface area (Å²) in [4.78, 5) is 6.73. The van der Waals surface area contributed by atoms with E-state index < -0.39 is 0 Å². The maximum atomic E-state index is 5.89. The monoisotopic (exact) mass is 252 g/mol. The number of imidazole rings is 1. The second-order valence-corrected chi connectivity index (χ2v) is 4.41. The summed E-state index contributed by atoms with van der Waals surface area (Å²) >= 11 is 0. The summed E-state index contributed by atoms with van der Waals surface area (Å²) in [7, 11) is 2.01. The standard InChI is InChI=1S/C15H16N4/c1-18(12-7-3-2-4-8-12)15-13(11-16)19-10-6-5-9-14(19)17-15/h2-10H,11,16H2,1H3. The summed E-state index contributed by atoms with van der Waals surface area (Å²) in [5.41, 5.74) is 8.92. The molecule has 0 saturated heterocycles. The molecule has 0 amide bonds. The van der Waals surface area contributed by atoms with Gasteiger partial charge < -0.3 is 15.0 Å². The van der Waals surface area contributed by atoms with Gasteiger partial charge in [0.05, 0.1) is 5.69 Å². The predicted octanol–water partition coefficient (Wildman–Crippen LogP) is 2.56. The molecule has 0 spiro atoms. The van der Waals surface area contributed by atoms with E-state index in [4.69, 9.17) is 5.73 Å². The maximum absolute atomic E-state index is 5.89. The third-order valence-electron chi connectivity index (χ3n) is 3.26. The molecule has 2 heterocycles. The van der Waals surface area contributed by atoms with Gasteiger partial charge in [-0.05, 0) is 24.3 Å². The molecule has 0 unspecified atom stereocenters. The van der Waals surface area contributed by atoms with Crippen molar-refractivity contribution in [1.29, 1.82) is 0 Å². The fourth-order valence-electron chi connectivity index (χ4n) is 2.27. The van der Waals surface area contributed by atoms with Gasteiger partial charge in [0.2, 0.25) is 0 Å². The van der Waals surface area contributed by atoms with Crippen molar-refractivity contribution in [2.24, 2.45) is 5.73 Å². The Labute approximate surface area is 112 Å². The van der Waals surface area contributed by atoms with E-state index in [0.29, 0.717) is 6.54 Å². The number of hydrogen-bond acceptors (Lipinski definition) is 3. The zero-order chi connectivity index (χ0) is 13.2. The van der Waals surface area contributed by atoms with Crippen LogP contribution in [0.2, 0.25) is 0 Å². The van der Waals surface area contributed by atoms with Crippen LogP contribution in [0.25, 0.3) is 5.65 Å². The Kier molecular flexibility index (Phi) is 2.93. The van der Waals surface area contributed by atoms with Crippen molar-refractivity contribution >= 4 is 17.2 Å². The zero-order valence-corrected chi connectivity index (χ0v) is 10.8. The summed E-state index contributed by atoms with van der Waals surface area (Å²) in [6.07, 6.45) is 1.99. The summed E-state index contributed by atoms with van der Waals surface area (Å²) in [5, 5.41) is 0. The number of nitrogens with two attached hydrogens (primary N) is 1. The average Bonchev–Trinajstić information content (AvgIpc) is 2.85. The van der Waals surface area contributed by atoms with Crippen LogP contribution >= 0.6 is 0 Å². The summed E-state index contributed by atoms with van der Waals surface area (Å²) in [6.45, 7) is 0.456. The predicted molar refractivity (Wildman–Crippen MR) is 77.6 cm³/mol. The molecule has 96 valence electrons. The fourth-order valence-corrected chi connectivity index (χ4v) is 2.27. The molecule has 0 atom stereocenters. The van der Waals surface area contributed by atoms with Crippen LogP contribution in [0.5, 0.6) is 0 Å². The van der Waals surface area contributed by atoms with E-state index in [2.05, 4.69) is 22.0 Å². The Bertz CT molecular complexity index is 688. The van der Waals surface area contributed by atoms with Gasteiger partial charge in [0.15, 0.2) is 5.82 Å². The van der Waals surface area contributed by atoms with Crippen LogP contribution in [0, 0.1) is 0 Å². The van der Waals surface area contributed by atoms with Gasteiger partial charge >= 0.3 is 0 Å². The van der Waals surface area contributed by atoms with Crippen molar-refractivity contribution < 1.29 is 0 Å². The Morgan fingerprint density at radius 3 is 2.58 bits per heavy atom. The van der Waals surface area contributed by atoms with Gasteiger partial charge in [-0.25, -0.2) is 4.98 Å². The number of para-hydroxylation sites is 1. The maximum Gasteiger partial charge on any atom is 0.156 e. The minimum Gasteiger partial charge on any atom is -0.328 e. The van der Waals surface area contributed by atoms with Gasteiger partial charge in [-0.1, -0.05) is 24.3 Å². The third kappa shape index (κ3) is 1.96. The van der Waals surface area contributed by atoms with Crippen LogP contribution in [0.1, 0.15) is 5.69 Å². The third-order valence-corrected chi connectivity index (χ3v) is 3.26. The number of hydrogen-bond donors (Lipinski definition) is 1. The molecule has 2 aromatic heterocycles.